The second-order valence-corrected chi connectivity index (χ2v) is 5.39. The quantitative estimate of drug-likeness (QED) is 0.748. The van der Waals surface area contributed by atoms with E-state index in [9.17, 15) is 9.59 Å². The van der Waals surface area contributed by atoms with Crippen molar-refractivity contribution in [3.63, 3.8) is 0 Å². The van der Waals surface area contributed by atoms with Crippen LogP contribution >= 0.6 is 11.6 Å². The highest BCUT2D eigenvalue weighted by atomic mass is 35.5. The highest BCUT2D eigenvalue weighted by molar-refractivity contribution is 6.31. The van der Waals surface area contributed by atoms with Gasteiger partial charge in [-0.25, -0.2) is 4.79 Å². The molecule has 1 N–H and O–H groups in total. The standard InChI is InChI=1S/C18H15ClN2O5/c1-24-16-7-6-13(19)8-14(16)21-17(22)10-26-18(23)11-25-15-5-3-2-4-12(15)9-20/h2-8H,10-11H2,1H3,(H,21,22). The fourth-order valence-electron chi connectivity index (χ4n) is 1.97. The van der Waals surface area contributed by atoms with Gasteiger partial charge in [0.1, 0.15) is 17.6 Å². The van der Waals surface area contributed by atoms with Gasteiger partial charge in [-0.2, -0.15) is 5.26 Å². The molecule has 0 radical (unpaired) electrons. The van der Waals surface area contributed by atoms with Crippen molar-refractivity contribution in [1.29, 1.82) is 5.26 Å². The van der Waals surface area contributed by atoms with Gasteiger partial charge in [-0.15, -0.1) is 0 Å². The summed E-state index contributed by atoms with van der Waals surface area (Å²) in [6.07, 6.45) is 0. The monoisotopic (exact) mass is 374 g/mol. The maximum absolute atomic E-state index is 11.9. The average Bonchev–Trinajstić information content (AvgIpc) is 2.65. The van der Waals surface area contributed by atoms with Crippen molar-refractivity contribution in [1.82, 2.24) is 0 Å². The second-order valence-electron chi connectivity index (χ2n) is 4.95. The smallest absolute Gasteiger partial charge is 0.344 e. The van der Waals surface area contributed by atoms with Gasteiger partial charge in [0.05, 0.1) is 18.4 Å². The third kappa shape index (κ3) is 5.40. The van der Waals surface area contributed by atoms with Crippen LogP contribution in [-0.2, 0) is 14.3 Å². The lowest BCUT2D eigenvalue weighted by Crippen LogP contribution is -2.24. The summed E-state index contributed by atoms with van der Waals surface area (Å²) in [7, 11) is 1.45. The van der Waals surface area contributed by atoms with Gasteiger partial charge >= 0.3 is 5.97 Å². The molecule has 0 saturated carbocycles. The molecule has 0 aliphatic rings. The van der Waals surface area contributed by atoms with E-state index in [-0.39, 0.29) is 5.75 Å². The molecule has 0 heterocycles. The van der Waals surface area contributed by atoms with Crippen molar-refractivity contribution in [2.24, 2.45) is 0 Å². The van der Waals surface area contributed by atoms with Crippen LogP contribution in [0.2, 0.25) is 5.02 Å². The highest BCUT2D eigenvalue weighted by Crippen LogP contribution is 2.27. The van der Waals surface area contributed by atoms with Gasteiger partial charge in [0.15, 0.2) is 13.2 Å². The normalized spacial score (nSPS) is 9.73. The third-order valence-corrected chi connectivity index (χ3v) is 3.39. The molecule has 0 atom stereocenters. The van der Waals surface area contributed by atoms with Gasteiger partial charge in [0, 0.05) is 5.02 Å². The van der Waals surface area contributed by atoms with E-state index >= 15 is 0 Å². The zero-order valence-corrected chi connectivity index (χ0v) is 14.6. The molecule has 0 saturated heterocycles. The number of methoxy groups -OCH3 is 1. The van der Waals surface area contributed by atoms with E-state index < -0.39 is 25.1 Å². The lowest BCUT2D eigenvalue weighted by atomic mass is 10.2. The predicted octanol–water partition coefficient (Wildman–Crippen LogP) is 2.78. The Morgan fingerprint density at radius 1 is 1.15 bits per heavy atom. The van der Waals surface area contributed by atoms with E-state index in [0.717, 1.165) is 0 Å². The summed E-state index contributed by atoms with van der Waals surface area (Å²) in [6, 6.07) is 13.2. The Hall–Kier alpha value is -3.24. The molecule has 0 aliphatic carbocycles. The van der Waals surface area contributed by atoms with Crippen molar-refractivity contribution in [3.8, 4) is 17.6 Å². The van der Waals surface area contributed by atoms with E-state index in [2.05, 4.69) is 5.32 Å². The van der Waals surface area contributed by atoms with Crippen LogP contribution in [0.5, 0.6) is 11.5 Å². The number of carbonyl (C=O) groups is 2. The molecule has 134 valence electrons. The molecule has 0 bridgehead atoms. The summed E-state index contributed by atoms with van der Waals surface area (Å²) in [4.78, 5) is 23.6. The molecule has 0 aliphatic heterocycles. The van der Waals surface area contributed by atoms with Crippen molar-refractivity contribution < 1.29 is 23.8 Å². The molecule has 1 amide bonds. The summed E-state index contributed by atoms with van der Waals surface area (Å²) in [5, 5.41) is 11.9. The Morgan fingerprint density at radius 3 is 2.65 bits per heavy atom. The Labute approximate surface area is 155 Å². The largest absolute Gasteiger partial charge is 0.495 e. The van der Waals surface area contributed by atoms with E-state index in [0.29, 0.717) is 22.0 Å². The summed E-state index contributed by atoms with van der Waals surface area (Å²) >= 11 is 5.88. The zero-order chi connectivity index (χ0) is 18.9. The summed E-state index contributed by atoms with van der Waals surface area (Å²) in [5.74, 6) is -0.618. The number of halogens is 1. The number of nitriles is 1. The Balaban J connectivity index is 1.83. The van der Waals surface area contributed by atoms with Crippen LogP contribution in [0.4, 0.5) is 5.69 Å². The van der Waals surface area contributed by atoms with Crippen molar-refractivity contribution in [2.75, 3.05) is 25.6 Å². The molecule has 2 aromatic rings. The molecular weight excluding hydrogens is 360 g/mol. The number of carbonyl (C=O) groups excluding carboxylic acids is 2. The zero-order valence-electron chi connectivity index (χ0n) is 13.8. The topological polar surface area (TPSA) is 97.7 Å². The first-order valence-electron chi connectivity index (χ1n) is 7.44. The molecule has 2 rings (SSSR count). The Bertz CT molecular complexity index is 848. The minimum absolute atomic E-state index is 0.264. The number of anilines is 1. The number of nitrogens with one attached hydrogen (secondary N) is 1. The number of rotatable bonds is 7. The van der Waals surface area contributed by atoms with Crippen molar-refractivity contribution in [2.45, 2.75) is 0 Å². The van der Waals surface area contributed by atoms with Gasteiger partial charge < -0.3 is 19.5 Å². The summed E-state index contributed by atoms with van der Waals surface area (Å²) in [5.41, 5.74) is 0.659. The molecule has 26 heavy (non-hydrogen) atoms. The fourth-order valence-corrected chi connectivity index (χ4v) is 2.15. The number of benzene rings is 2. The van der Waals surface area contributed by atoms with Gasteiger partial charge in [-0.3, -0.25) is 4.79 Å². The molecule has 0 spiro atoms. The number of hydrogen-bond acceptors (Lipinski definition) is 6. The minimum atomic E-state index is -0.744. The molecule has 0 unspecified atom stereocenters. The van der Waals surface area contributed by atoms with Gasteiger partial charge in [0.2, 0.25) is 0 Å². The van der Waals surface area contributed by atoms with Crippen LogP contribution < -0.4 is 14.8 Å². The third-order valence-electron chi connectivity index (χ3n) is 3.15. The molecule has 0 fully saturated rings. The lowest BCUT2D eigenvalue weighted by molar-refractivity contribution is -0.149. The second kappa shape index (κ2) is 9.30. The number of esters is 1. The first kappa shape index (κ1) is 19.1. The maximum atomic E-state index is 11.9. The minimum Gasteiger partial charge on any atom is -0.495 e. The van der Waals surface area contributed by atoms with Crippen molar-refractivity contribution in [3.05, 3.63) is 53.1 Å². The van der Waals surface area contributed by atoms with Gasteiger partial charge in [0.25, 0.3) is 5.91 Å². The van der Waals surface area contributed by atoms with Crippen LogP contribution in [0.3, 0.4) is 0 Å². The number of para-hydroxylation sites is 1. The SMILES string of the molecule is COc1ccc(Cl)cc1NC(=O)COC(=O)COc1ccccc1C#N. The molecule has 0 aromatic heterocycles. The van der Waals surface area contributed by atoms with Crippen LogP contribution in [0.25, 0.3) is 0 Å². The van der Waals surface area contributed by atoms with Crippen LogP contribution in [0.15, 0.2) is 42.5 Å². The van der Waals surface area contributed by atoms with Crippen LogP contribution in [0, 0.1) is 11.3 Å². The number of nitrogens with zero attached hydrogens (tertiary/aromatic N) is 1. The number of hydrogen-bond donors (Lipinski definition) is 1. The first-order valence-corrected chi connectivity index (χ1v) is 7.82. The lowest BCUT2D eigenvalue weighted by Gasteiger charge is -2.11. The number of amides is 1. The molecule has 7 nitrogen and oxygen atoms in total. The summed E-state index contributed by atoms with van der Waals surface area (Å²) < 4.78 is 15.2. The fraction of sp³-hybridized carbons (Fsp3) is 0.167. The molecule has 2 aromatic carbocycles. The van der Waals surface area contributed by atoms with Crippen molar-refractivity contribution >= 4 is 29.2 Å². The van der Waals surface area contributed by atoms with E-state index in [1.807, 2.05) is 6.07 Å². The number of ether oxygens (including phenoxy) is 3. The highest BCUT2D eigenvalue weighted by Gasteiger charge is 2.12. The van der Waals surface area contributed by atoms with E-state index in [1.54, 1.807) is 36.4 Å². The van der Waals surface area contributed by atoms with Crippen LogP contribution in [-0.4, -0.2) is 32.2 Å². The maximum Gasteiger partial charge on any atom is 0.344 e. The summed E-state index contributed by atoms with van der Waals surface area (Å²) in [6.45, 7) is -0.926. The molecular formula is C18H15ClN2O5. The first-order chi connectivity index (χ1) is 12.5. The van der Waals surface area contributed by atoms with E-state index in [1.165, 1.54) is 13.2 Å². The Kier molecular flexibility index (Phi) is 6.83. The average molecular weight is 375 g/mol. The van der Waals surface area contributed by atoms with Crippen LogP contribution in [0.1, 0.15) is 5.56 Å². The van der Waals surface area contributed by atoms with E-state index in [4.69, 9.17) is 31.1 Å². The van der Waals surface area contributed by atoms with Gasteiger partial charge in [-0.1, -0.05) is 23.7 Å². The molecule has 8 heteroatoms. The predicted molar refractivity (Wildman–Crippen MR) is 94.2 cm³/mol. The van der Waals surface area contributed by atoms with Gasteiger partial charge in [-0.05, 0) is 30.3 Å². The Morgan fingerprint density at radius 2 is 1.92 bits per heavy atom.